The van der Waals surface area contributed by atoms with Crippen molar-refractivity contribution in [1.82, 2.24) is 0 Å². The van der Waals surface area contributed by atoms with Gasteiger partial charge in [-0.25, -0.2) is 0 Å². The van der Waals surface area contributed by atoms with Crippen molar-refractivity contribution < 1.29 is 9.53 Å². The first-order valence-corrected chi connectivity index (χ1v) is 6.52. The van der Waals surface area contributed by atoms with Crippen LogP contribution in [-0.4, -0.2) is 13.0 Å². The van der Waals surface area contributed by atoms with Gasteiger partial charge in [0.25, 0.3) is 0 Å². The number of hydrogen-bond donors (Lipinski definition) is 2. The first kappa shape index (κ1) is 12.5. The summed E-state index contributed by atoms with van der Waals surface area (Å²) < 4.78 is 5.35. The molecule has 0 saturated heterocycles. The van der Waals surface area contributed by atoms with Gasteiger partial charge in [-0.05, 0) is 29.7 Å². The molecule has 4 nitrogen and oxygen atoms in total. The molecule has 0 fully saturated rings. The lowest BCUT2D eigenvalue weighted by atomic mass is 9.92. The summed E-state index contributed by atoms with van der Waals surface area (Å²) in [6.07, 6.45) is 0.603. The minimum absolute atomic E-state index is 0.0104. The summed E-state index contributed by atoms with van der Waals surface area (Å²) in [5, 5.41) is 2.87. The fraction of sp³-hybridized carbons (Fsp3) is 0.188. The molecule has 1 atom stereocenters. The minimum Gasteiger partial charge on any atom is -0.496 e. The third-order valence-electron chi connectivity index (χ3n) is 3.69. The zero-order valence-electron chi connectivity index (χ0n) is 11.2. The quantitative estimate of drug-likeness (QED) is 0.841. The molecule has 4 heteroatoms. The number of para-hydroxylation sites is 2. The molecule has 20 heavy (non-hydrogen) atoms. The number of nitrogens with two attached hydrogens (primary N) is 1. The van der Waals surface area contributed by atoms with Crippen LogP contribution in [0.15, 0.2) is 42.5 Å². The largest absolute Gasteiger partial charge is 0.496 e. The summed E-state index contributed by atoms with van der Waals surface area (Å²) in [6, 6.07) is 13.4. The number of methoxy groups -OCH3 is 1. The van der Waals surface area contributed by atoms with Crippen LogP contribution in [-0.2, 0) is 11.2 Å². The standard InChI is InChI=1S/C16H16N2O2/c1-20-14-8-3-2-5-10(14)9-12-11-6-4-7-13(17)15(11)18-16(12)19/h2-8,12H,9,17H2,1H3,(H,18,19). The van der Waals surface area contributed by atoms with Crippen molar-refractivity contribution in [3.8, 4) is 5.75 Å². The Morgan fingerprint density at radius 1 is 1.20 bits per heavy atom. The van der Waals surface area contributed by atoms with E-state index >= 15 is 0 Å². The van der Waals surface area contributed by atoms with Gasteiger partial charge in [-0.2, -0.15) is 0 Å². The molecule has 1 amide bonds. The van der Waals surface area contributed by atoms with E-state index in [0.29, 0.717) is 12.1 Å². The number of hydrogen-bond acceptors (Lipinski definition) is 3. The van der Waals surface area contributed by atoms with Crippen LogP contribution in [0.5, 0.6) is 5.75 Å². The molecule has 3 rings (SSSR count). The van der Waals surface area contributed by atoms with Gasteiger partial charge in [-0.1, -0.05) is 30.3 Å². The van der Waals surface area contributed by atoms with Gasteiger partial charge in [0.15, 0.2) is 0 Å². The van der Waals surface area contributed by atoms with Gasteiger partial charge in [0.2, 0.25) is 5.91 Å². The predicted molar refractivity (Wildman–Crippen MR) is 78.9 cm³/mol. The van der Waals surface area contributed by atoms with Gasteiger partial charge >= 0.3 is 0 Å². The summed E-state index contributed by atoms with van der Waals surface area (Å²) in [6.45, 7) is 0. The smallest absolute Gasteiger partial charge is 0.232 e. The van der Waals surface area contributed by atoms with Crippen LogP contribution in [0.4, 0.5) is 11.4 Å². The van der Waals surface area contributed by atoms with Crippen LogP contribution < -0.4 is 15.8 Å². The number of rotatable bonds is 3. The highest BCUT2D eigenvalue weighted by Gasteiger charge is 2.32. The van der Waals surface area contributed by atoms with E-state index < -0.39 is 0 Å². The first-order chi connectivity index (χ1) is 9.70. The van der Waals surface area contributed by atoms with Crippen molar-refractivity contribution in [3.63, 3.8) is 0 Å². The van der Waals surface area contributed by atoms with Crippen LogP contribution in [0.1, 0.15) is 17.0 Å². The average molecular weight is 268 g/mol. The summed E-state index contributed by atoms with van der Waals surface area (Å²) in [4.78, 5) is 12.2. The molecule has 2 aromatic rings. The van der Waals surface area contributed by atoms with Crippen LogP contribution in [0.3, 0.4) is 0 Å². The monoisotopic (exact) mass is 268 g/mol. The molecule has 0 aromatic heterocycles. The lowest BCUT2D eigenvalue weighted by Crippen LogP contribution is -2.14. The van der Waals surface area contributed by atoms with Crippen LogP contribution in [0.25, 0.3) is 0 Å². The number of amides is 1. The zero-order valence-corrected chi connectivity index (χ0v) is 11.2. The van der Waals surface area contributed by atoms with Crippen molar-refractivity contribution in [2.24, 2.45) is 0 Å². The van der Waals surface area contributed by atoms with Crippen molar-refractivity contribution in [2.75, 3.05) is 18.2 Å². The van der Waals surface area contributed by atoms with Crippen LogP contribution in [0.2, 0.25) is 0 Å². The number of carbonyl (C=O) groups is 1. The first-order valence-electron chi connectivity index (χ1n) is 6.52. The van der Waals surface area contributed by atoms with Crippen LogP contribution >= 0.6 is 0 Å². The maximum absolute atomic E-state index is 12.2. The predicted octanol–water partition coefficient (Wildman–Crippen LogP) is 2.56. The van der Waals surface area contributed by atoms with E-state index in [4.69, 9.17) is 10.5 Å². The Morgan fingerprint density at radius 3 is 2.80 bits per heavy atom. The Labute approximate surface area is 117 Å². The number of fused-ring (bicyclic) bond motifs is 1. The molecule has 0 bridgehead atoms. The van der Waals surface area contributed by atoms with Gasteiger partial charge in [0, 0.05) is 0 Å². The molecule has 102 valence electrons. The Morgan fingerprint density at radius 2 is 2.00 bits per heavy atom. The van der Waals surface area contributed by atoms with E-state index in [1.807, 2.05) is 36.4 Å². The third kappa shape index (κ3) is 1.99. The van der Waals surface area contributed by atoms with Gasteiger partial charge in [0.1, 0.15) is 5.75 Å². The maximum atomic E-state index is 12.2. The Bertz CT molecular complexity index is 667. The van der Waals surface area contributed by atoms with E-state index in [1.165, 1.54) is 0 Å². The Hall–Kier alpha value is -2.49. The van der Waals surface area contributed by atoms with E-state index in [1.54, 1.807) is 13.2 Å². The van der Waals surface area contributed by atoms with Crippen molar-refractivity contribution in [3.05, 3.63) is 53.6 Å². The fourth-order valence-corrected chi connectivity index (χ4v) is 2.67. The van der Waals surface area contributed by atoms with Gasteiger partial charge < -0.3 is 15.8 Å². The van der Waals surface area contributed by atoms with E-state index in [-0.39, 0.29) is 11.8 Å². The molecule has 0 saturated carbocycles. The second kappa shape index (κ2) is 4.89. The molecule has 2 aromatic carbocycles. The molecule has 3 N–H and O–H groups in total. The Balaban J connectivity index is 1.96. The number of anilines is 2. The van der Waals surface area contributed by atoms with Crippen molar-refractivity contribution in [1.29, 1.82) is 0 Å². The van der Waals surface area contributed by atoms with E-state index in [9.17, 15) is 4.79 Å². The average Bonchev–Trinajstić information content (AvgIpc) is 2.78. The normalized spacial score (nSPS) is 16.6. The Kier molecular flexibility index (Phi) is 3.06. The molecule has 1 heterocycles. The highest BCUT2D eigenvalue weighted by Crippen LogP contribution is 2.39. The lowest BCUT2D eigenvalue weighted by Gasteiger charge is -2.12. The highest BCUT2D eigenvalue weighted by atomic mass is 16.5. The topological polar surface area (TPSA) is 64.3 Å². The zero-order chi connectivity index (χ0) is 14.1. The second-order valence-corrected chi connectivity index (χ2v) is 4.87. The summed E-state index contributed by atoms with van der Waals surface area (Å²) in [5.41, 5.74) is 9.24. The van der Waals surface area contributed by atoms with Gasteiger partial charge in [-0.15, -0.1) is 0 Å². The number of ether oxygens (including phenoxy) is 1. The van der Waals surface area contributed by atoms with Crippen molar-refractivity contribution >= 4 is 17.3 Å². The number of nitrogen functional groups attached to an aromatic ring is 1. The van der Waals surface area contributed by atoms with Gasteiger partial charge in [-0.3, -0.25) is 4.79 Å². The van der Waals surface area contributed by atoms with Gasteiger partial charge in [0.05, 0.1) is 24.4 Å². The van der Waals surface area contributed by atoms with Crippen LogP contribution in [0, 0.1) is 0 Å². The van der Waals surface area contributed by atoms with E-state index in [2.05, 4.69) is 5.32 Å². The molecule has 1 aliphatic heterocycles. The summed E-state index contributed by atoms with van der Waals surface area (Å²) >= 11 is 0. The molecule has 1 aliphatic rings. The maximum Gasteiger partial charge on any atom is 0.232 e. The number of carbonyl (C=O) groups excluding carboxylic acids is 1. The SMILES string of the molecule is COc1ccccc1CC1C(=O)Nc2c(N)cccc21. The molecule has 0 spiro atoms. The molecule has 1 unspecified atom stereocenters. The minimum atomic E-state index is -0.218. The summed E-state index contributed by atoms with van der Waals surface area (Å²) in [7, 11) is 1.64. The summed E-state index contributed by atoms with van der Waals surface area (Å²) in [5.74, 6) is 0.575. The number of nitrogens with one attached hydrogen (secondary N) is 1. The number of benzene rings is 2. The van der Waals surface area contributed by atoms with Crippen molar-refractivity contribution in [2.45, 2.75) is 12.3 Å². The highest BCUT2D eigenvalue weighted by molar-refractivity contribution is 6.06. The lowest BCUT2D eigenvalue weighted by molar-refractivity contribution is -0.117. The fourth-order valence-electron chi connectivity index (χ4n) is 2.67. The molecule has 0 radical (unpaired) electrons. The molecule has 0 aliphatic carbocycles. The molecular weight excluding hydrogens is 252 g/mol. The second-order valence-electron chi connectivity index (χ2n) is 4.87. The van der Waals surface area contributed by atoms with E-state index in [0.717, 1.165) is 22.6 Å². The third-order valence-corrected chi connectivity index (χ3v) is 3.69. The molecular formula is C16H16N2O2.